The maximum atomic E-state index is 11.9. The van der Waals surface area contributed by atoms with Crippen LogP contribution in [0.2, 0.25) is 0 Å². The van der Waals surface area contributed by atoms with Gasteiger partial charge < -0.3 is 4.98 Å². The third-order valence-electron chi connectivity index (χ3n) is 1.63. The largest absolute Gasteiger partial charge is 0.341 e. The van der Waals surface area contributed by atoms with E-state index in [-0.39, 0.29) is 17.9 Å². The fourth-order valence-corrected chi connectivity index (χ4v) is 1.37. The molecule has 0 saturated carbocycles. The van der Waals surface area contributed by atoms with Crippen molar-refractivity contribution in [2.75, 3.05) is 0 Å². The van der Waals surface area contributed by atoms with Crippen molar-refractivity contribution in [1.29, 1.82) is 0 Å². The Balaban J connectivity index is 2.47. The van der Waals surface area contributed by atoms with Gasteiger partial charge in [-0.15, -0.1) is 0 Å². The van der Waals surface area contributed by atoms with Crippen molar-refractivity contribution in [1.82, 2.24) is 9.97 Å². The summed E-state index contributed by atoms with van der Waals surface area (Å²) in [4.78, 5) is 7.21. The van der Waals surface area contributed by atoms with E-state index in [1.165, 1.54) is 0 Å². The van der Waals surface area contributed by atoms with E-state index in [1.807, 2.05) is 24.3 Å². The summed E-state index contributed by atoms with van der Waals surface area (Å²) in [5.74, 6) is 0.970. The lowest BCUT2D eigenvalue weighted by molar-refractivity contribution is 0.926. The molecule has 2 aromatic rings. The molecular formula is C8H7FN2S. The molecule has 0 atom stereocenters. The number of para-hydroxylation sites is 2. The molecule has 1 aromatic heterocycles. The van der Waals surface area contributed by atoms with Gasteiger partial charge in [0.1, 0.15) is 5.82 Å². The molecule has 0 amide bonds. The van der Waals surface area contributed by atoms with Crippen LogP contribution >= 0.6 is 12.1 Å². The fourth-order valence-electron chi connectivity index (χ4n) is 1.13. The van der Waals surface area contributed by atoms with Crippen molar-refractivity contribution >= 4 is 23.2 Å². The van der Waals surface area contributed by atoms with Gasteiger partial charge in [0, 0.05) is 0 Å². The minimum Gasteiger partial charge on any atom is -0.341 e. The number of benzene rings is 1. The van der Waals surface area contributed by atoms with Crippen LogP contribution < -0.4 is 0 Å². The highest BCUT2D eigenvalue weighted by Gasteiger charge is 2.00. The molecule has 62 valence electrons. The molecule has 4 heteroatoms. The number of halogens is 1. The first kappa shape index (κ1) is 7.61. The number of nitrogens with zero attached hydrogens (tertiary/aromatic N) is 1. The molecule has 0 spiro atoms. The molecule has 12 heavy (non-hydrogen) atoms. The van der Waals surface area contributed by atoms with Crippen LogP contribution in [0.25, 0.3) is 11.0 Å². The van der Waals surface area contributed by atoms with Gasteiger partial charge in [0.15, 0.2) is 0 Å². The maximum absolute atomic E-state index is 11.9. The number of hydrogen-bond acceptors (Lipinski definition) is 2. The first-order valence-electron chi connectivity index (χ1n) is 3.57. The first-order valence-corrected chi connectivity index (χ1v) is 4.46. The van der Waals surface area contributed by atoms with Crippen molar-refractivity contribution in [2.45, 2.75) is 5.75 Å². The first-order chi connectivity index (χ1) is 5.90. The van der Waals surface area contributed by atoms with Crippen LogP contribution in [0.3, 0.4) is 0 Å². The molecule has 0 aliphatic carbocycles. The number of H-pyrrole nitrogens is 1. The standard InChI is InChI=1S/C8H7FN2S/c9-12-5-8-10-6-3-1-2-4-7(6)11-8/h1-4H,5H2,(H,10,11). The van der Waals surface area contributed by atoms with Crippen LogP contribution in [0.15, 0.2) is 24.3 Å². The summed E-state index contributed by atoms with van der Waals surface area (Å²) in [6.45, 7) is 0. The van der Waals surface area contributed by atoms with Crippen LogP contribution in [-0.4, -0.2) is 9.97 Å². The molecule has 0 aliphatic rings. The molecule has 1 aromatic carbocycles. The van der Waals surface area contributed by atoms with Crippen molar-refractivity contribution in [3.05, 3.63) is 30.1 Å². The van der Waals surface area contributed by atoms with E-state index < -0.39 is 0 Å². The van der Waals surface area contributed by atoms with Crippen molar-refractivity contribution in [3.63, 3.8) is 0 Å². The minimum absolute atomic E-state index is 0.276. The van der Waals surface area contributed by atoms with Gasteiger partial charge in [0.05, 0.1) is 28.9 Å². The van der Waals surface area contributed by atoms with Crippen LogP contribution in [-0.2, 0) is 5.75 Å². The highest BCUT2D eigenvalue weighted by Crippen LogP contribution is 2.14. The monoisotopic (exact) mass is 182 g/mol. The van der Waals surface area contributed by atoms with Crippen molar-refractivity contribution in [2.24, 2.45) is 0 Å². The van der Waals surface area contributed by atoms with E-state index >= 15 is 0 Å². The van der Waals surface area contributed by atoms with Gasteiger partial charge in [0.25, 0.3) is 0 Å². The van der Waals surface area contributed by atoms with Crippen molar-refractivity contribution in [3.8, 4) is 0 Å². The summed E-state index contributed by atoms with van der Waals surface area (Å²) < 4.78 is 11.9. The molecule has 2 rings (SSSR count). The Morgan fingerprint density at radius 3 is 3.00 bits per heavy atom. The van der Waals surface area contributed by atoms with E-state index in [2.05, 4.69) is 9.97 Å². The third-order valence-corrected chi connectivity index (χ3v) is 2.01. The smallest absolute Gasteiger partial charge is 0.119 e. The van der Waals surface area contributed by atoms with Gasteiger partial charge in [-0.1, -0.05) is 12.1 Å². The number of aromatic amines is 1. The lowest BCUT2D eigenvalue weighted by atomic mass is 10.3. The van der Waals surface area contributed by atoms with Crippen LogP contribution in [0, 0.1) is 0 Å². The van der Waals surface area contributed by atoms with Crippen LogP contribution in [0.1, 0.15) is 5.82 Å². The summed E-state index contributed by atoms with van der Waals surface area (Å²) in [6, 6.07) is 7.66. The lowest BCUT2D eigenvalue weighted by Crippen LogP contribution is -1.79. The highest BCUT2D eigenvalue weighted by atomic mass is 32.2. The molecule has 0 saturated heterocycles. The van der Waals surface area contributed by atoms with Gasteiger partial charge in [-0.25, -0.2) is 4.98 Å². The van der Waals surface area contributed by atoms with Gasteiger partial charge in [-0.2, -0.15) is 3.89 Å². The van der Waals surface area contributed by atoms with E-state index in [9.17, 15) is 3.89 Å². The number of rotatable bonds is 2. The summed E-state index contributed by atoms with van der Waals surface area (Å²) in [7, 11) is 0. The zero-order valence-electron chi connectivity index (χ0n) is 6.25. The van der Waals surface area contributed by atoms with E-state index in [4.69, 9.17) is 0 Å². The molecule has 0 aliphatic heterocycles. The Morgan fingerprint density at radius 2 is 2.25 bits per heavy atom. The minimum atomic E-state index is 0.276. The SMILES string of the molecule is FSCc1nc2ccccc2[nH]1. The molecule has 0 fully saturated rings. The second-order valence-corrected chi connectivity index (χ2v) is 2.96. The Labute approximate surface area is 73.5 Å². The number of fused-ring (bicyclic) bond motifs is 1. The predicted molar refractivity (Wildman–Crippen MR) is 48.5 cm³/mol. The van der Waals surface area contributed by atoms with E-state index in [1.54, 1.807) is 0 Å². The quantitative estimate of drug-likeness (QED) is 0.773. The molecule has 1 N–H and O–H groups in total. The fraction of sp³-hybridized carbons (Fsp3) is 0.125. The average Bonchev–Trinajstić information content (AvgIpc) is 2.47. The van der Waals surface area contributed by atoms with Gasteiger partial charge in [0.2, 0.25) is 0 Å². The normalized spacial score (nSPS) is 10.8. The number of aromatic nitrogens is 2. The number of nitrogens with one attached hydrogen (secondary N) is 1. The van der Waals surface area contributed by atoms with E-state index in [0.717, 1.165) is 11.0 Å². The zero-order chi connectivity index (χ0) is 8.39. The van der Waals surface area contributed by atoms with Gasteiger partial charge >= 0.3 is 0 Å². The molecule has 2 nitrogen and oxygen atoms in total. The summed E-state index contributed by atoms with van der Waals surface area (Å²) in [6.07, 6.45) is 0. The predicted octanol–water partition coefficient (Wildman–Crippen LogP) is 2.68. The van der Waals surface area contributed by atoms with Crippen molar-refractivity contribution < 1.29 is 3.89 Å². The Morgan fingerprint density at radius 1 is 1.42 bits per heavy atom. The Kier molecular flexibility index (Phi) is 1.99. The highest BCUT2D eigenvalue weighted by molar-refractivity contribution is 7.93. The summed E-state index contributed by atoms with van der Waals surface area (Å²) >= 11 is 0.276. The number of hydrogen-bond donors (Lipinski definition) is 1. The van der Waals surface area contributed by atoms with E-state index in [0.29, 0.717) is 5.82 Å². The second kappa shape index (κ2) is 3.15. The lowest BCUT2D eigenvalue weighted by Gasteiger charge is -1.83. The van der Waals surface area contributed by atoms with Gasteiger partial charge in [-0.05, 0) is 12.1 Å². The van der Waals surface area contributed by atoms with Crippen LogP contribution in [0.5, 0.6) is 0 Å². The maximum Gasteiger partial charge on any atom is 0.119 e. The molecule has 0 radical (unpaired) electrons. The molecular weight excluding hydrogens is 175 g/mol. The Bertz CT molecular complexity index is 352. The van der Waals surface area contributed by atoms with Crippen LogP contribution in [0.4, 0.5) is 3.89 Å². The zero-order valence-corrected chi connectivity index (χ0v) is 7.07. The second-order valence-electron chi connectivity index (χ2n) is 2.45. The third kappa shape index (κ3) is 1.30. The summed E-state index contributed by atoms with van der Waals surface area (Å²) in [5, 5.41) is 0. The number of imidazole rings is 1. The molecule has 0 unspecified atom stereocenters. The molecule has 1 heterocycles. The van der Waals surface area contributed by atoms with Gasteiger partial charge in [-0.3, -0.25) is 0 Å². The average molecular weight is 182 g/mol. The summed E-state index contributed by atoms with van der Waals surface area (Å²) in [5.41, 5.74) is 1.85. The molecule has 0 bridgehead atoms. The Hall–Kier alpha value is -1.03. The topological polar surface area (TPSA) is 28.7 Å².